The molecule has 1 heterocycles. The van der Waals surface area contributed by atoms with Crippen molar-refractivity contribution in [2.24, 2.45) is 0 Å². The highest BCUT2D eigenvalue weighted by atomic mass is 16.5. The normalized spacial score (nSPS) is 19.0. The van der Waals surface area contributed by atoms with E-state index in [4.69, 9.17) is 4.74 Å². The van der Waals surface area contributed by atoms with Crippen LogP contribution in [-0.4, -0.2) is 19.1 Å². The lowest BCUT2D eigenvalue weighted by Gasteiger charge is -2.24. The lowest BCUT2D eigenvalue weighted by molar-refractivity contribution is -0.138. The summed E-state index contributed by atoms with van der Waals surface area (Å²) in [6, 6.07) is 20.5. The average molecular weight is 346 g/mol. The monoisotopic (exact) mass is 346 g/mol. The summed E-state index contributed by atoms with van der Waals surface area (Å²) in [5.41, 5.74) is 3.11. The zero-order chi connectivity index (χ0) is 18.6. The summed E-state index contributed by atoms with van der Waals surface area (Å²) in [5, 5.41) is 9.41. The van der Waals surface area contributed by atoms with Crippen LogP contribution in [0, 0.1) is 11.3 Å². The van der Waals surface area contributed by atoms with Crippen molar-refractivity contribution in [1.29, 1.82) is 5.26 Å². The quantitative estimate of drug-likeness (QED) is 0.467. The number of ether oxygens (including phenoxy) is 1. The maximum Gasteiger partial charge on any atom is 0.348 e. The summed E-state index contributed by atoms with van der Waals surface area (Å²) >= 11 is 0. The molecule has 1 aliphatic rings. The molecule has 0 amide bonds. The number of nitriles is 1. The Morgan fingerprint density at radius 2 is 1.92 bits per heavy atom. The maximum atomic E-state index is 12.1. The summed E-state index contributed by atoms with van der Waals surface area (Å²) in [4.78, 5) is 14.4. The molecule has 26 heavy (non-hydrogen) atoms. The van der Waals surface area contributed by atoms with Gasteiger partial charge in [-0.3, -0.25) is 0 Å². The molecule has 0 bridgehead atoms. The summed E-state index contributed by atoms with van der Waals surface area (Å²) < 4.78 is 5.02. The lowest BCUT2D eigenvalue weighted by Crippen LogP contribution is -2.30. The summed E-state index contributed by atoms with van der Waals surface area (Å²) in [7, 11) is 0. The number of hydrogen-bond donors (Lipinski definition) is 0. The first-order valence-corrected chi connectivity index (χ1v) is 8.76. The van der Waals surface area contributed by atoms with Crippen LogP contribution in [0.2, 0.25) is 0 Å². The molecule has 0 N–H and O–H groups in total. The molecule has 0 saturated heterocycles. The molecule has 0 aliphatic carbocycles. The molecule has 0 spiro atoms. The highest BCUT2D eigenvalue weighted by Gasteiger charge is 2.38. The van der Waals surface area contributed by atoms with E-state index >= 15 is 0 Å². The Bertz CT molecular complexity index is 867. The van der Waals surface area contributed by atoms with Crippen molar-refractivity contribution in [3.05, 3.63) is 77.4 Å². The van der Waals surface area contributed by atoms with Crippen molar-refractivity contribution in [1.82, 2.24) is 0 Å². The number of nitrogens with zero attached hydrogens (tertiary/aromatic N) is 2. The van der Waals surface area contributed by atoms with Crippen LogP contribution in [0.15, 0.2) is 66.2 Å². The topological polar surface area (TPSA) is 53.3 Å². The van der Waals surface area contributed by atoms with Crippen molar-refractivity contribution in [3.63, 3.8) is 0 Å². The van der Waals surface area contributed by atoms with Gasteiger partial charge in [-0.15, -0.1) is 0 Å². The zero-order valence-corrected chi connectivity index (χ0v) is 15.1. The molecule has 0 saturated carbocycles. The van der Waals surface area contributed by atoms with Crippen LogP contribution < -0.4 is 4.90 Å². The van der Waals surface area contributed by atoms with E-state index in [0.29, 0.717) is 6.54 Å². The second-order valence-electron chi connectivity index (χ2n) is 6.67. The summed E-state index contributed by atoms with van der Waals surface area (Å²) in [6.07, 6.45) is 1.76. The van der Waals surface area contributed by atoms with Crippen molar-refractivity contribution in [2.75, 3.05) is 18.1 Å². The van der Waals surface area contributed by atoms with E-state index in [0.717, 1.165) is 17.8 Å². The molecule has 0 fully saturated rings. The number of fused-ring (bicyclic) bond motifs is 1. The molecular formula is C22H22N2O2. The molecule has 132 valence electrons. The van der Waals surface area contributed by atoms with Gasteiger partial charge in [0.05, 0.1) is 6.61 Å². The first-order chi connectivity index (χ1) is 12.6. The smallest absolute Gasteiger partial charge is 0.348 e. The minimum Gasteiger partial charge on any atom is -0.462 e. The van der Waals surface area contributed by atoms with Gasteiger partial charge in [0.15, 0.2) is 0 Å². The van der Waals surface area contributed by atoms with Gasteiger partial charge in [0.2, 0.25) is 0 Å². The van der Waals surface area contributed by atoms with Gasteiger partial charge in [-0.25, -0.2) is 4.79 Å². The van der Waals surface area contributed by atoms with Crippen LogP contribution in [-0.2, 0) is 21.5 Å². The highest BCUT2D eigenvalue weighted by Crippen LogP contribution is 2.42. The maximum absolute atomic E-state index is 12.1. The highest BCUT2D eigenvalue weighted by molar-refractivity contribution is 5.93. The number of esters is 1. The molecule has 4 nitrogen and oxygen atoms in total. The van der Waals surface area contributed by atoms with Crippen molar-refractivity contribution < 1.29 is 9.53 Å². The van der Waals surface area contributed by atoms with Crippen LogP contribution >= 0.6 is 0 Å². The van der Waals surface area contributed by atoms with Crippen LogP contribution in [0.4, 0.5) is 5.69 Å². The number of rotatable bonds is 5. The second kappa shape index (κ2) is 7.45. The van der Waals surface area contributed by atoms with E-state index in [2.05, 4.69) is 36.1 Å². The Morgan fingerprint density at radius 1 is 1.23 bits per heavy atom. The molecule has 1 aliphatic heterocycles. The predicted molar refractivity (Wildman–Crippen MR) is 102 cm³/mol. The van der Waals surface area contributed by atoms with E-state index < -0.39 is 11.4 Å². The molecule has 0 aromatic heterocycles. The van der Waals surface area contributed by atoms with Gasteiger partial charge in [-0.05, 0) is 30.2 Å². The number of anilines is 1. The average Bonchev–Trinajstić information content (AvgIpc) is 2.93. The standard InChI is InChI=1S/C22H22N2O2/c1-3-26-21(25)18(14-23)13-22(2)16-24(15-17-9-5-4-6-10-17)20-12-8-7-11-19(20)22/h4-13H,3,15-16H2,1-2H3/b18-13+. The zero-order valence-electron chi connectivity index (χ0n) is 15.1. The Hall–Kier alpha value is -3.06. The van der Waals surface area contributed by atoms with Crippen LogP contribution in [0.3, 0.4) is 0 Å². The first-order valence-electron chi connectivity index (χ1n) is 8.76. The molecule has 1 unspecified atom stereocenters. The van der Waals surface area contributed by atoms with Gasteiger partial charge in [0.1, 0.15) is 11.6 Å². The molecule has 0 radical (unpaired) electrons. The molecule has 4 heteroatoms. The van der Waals surface area contributed by atoms with Crippen molar-refractivity contribution in [2.45, 2.75) is 25.8 Å². The van der Waals surface area contributed by atoms with Gasteiger partial charge >= 0.3 is 5.97 Å². The number of para-hydroxylation sites is 1. The van der Waals surface area contributed by atoms with Crippen LogP contribution in [0.25, 0.3) is 0 Å². The van der Waals surface area contributed by atoms with Gasteiger partial charge in [0.25, 0.3) is 0 Å². The fraction of sp³-hybridized carbons (Fsp3) is 0.273. The third kappa shape index (κ3) is 3.48. The third-order valence-electron chi connectivity index (χ3n) is 4.67. The fourth-order valence-corrected chi connectivity index (χ4v) is 3.53. The van der Waals surface area contributed by atoms with Crippen LogP contribution in [0.1, 0.15) is 25.0 Å². The van der Waals surface area contributed by atoms with Gasteiger partial charge in [-0.2, -0.15) is 5.26 Å². The van der Waals surface area contributed by atoms with Crippen LogP contribution in [0.5, 0.6) is 0 Å². The Morgan fingerprint density at radius 3 is 2.62 bits per heavy atom. The minimum absolute atomic E-state index is 0.0608. The minimum atomic E-state index is -0.560. The Balaban J connectivity index is 1.96. The predicted octanol–water partition coefficient (Wildman–Crippen LogP) is 3.98. The molecule has 2 aromatic carbocycles. The van der Waals surface area contributed by atoms with Gasteiger partial charge in [0, 0.05) is 24.2 Å². The van der Waals surface area contributed by atoms with E-state index in [1.165, 1.54) is 5.56 Å². The van der Waals surface area contributed by atoms with E-state index in [1.807, 2.05) is 36.4 Å². The van der Waals surface area contributed by atoms with E-state index in [9.17, 15) is 10.1 Å². The summed E-state index contributed by atoms with van der Waals surface area (Å²) in [5.74, 6) is -0.560. The molecular weight excluding hydrogens is 324 g/mol. The van der Waals surface area contributed by atoms with Crippen molar-refractivity contribution >= 4 is 11.7 Å². The SMILES string of the molecule is CCOC(=O)/C(C#N)=C/C1(C)CN(Cc2ccccc2)c2ccccc21. The number of benzene rings is 2. The van der Waals surface area contributed by atoms with E-state index in [1.54, 1.807) is 13.0 Å². The molecule has 1 atom stereocenters. The largest absolute Gasteiger partial charge is 0.462 e. The van der Waals surface area contributed by atoms with Gasteiger partial charge in [-0.1, -0.05) is 55.5 Å². The third-order valence-corrected chi connectivity index (χ3v) is 4.67. The lowest BCUT2D eigenvalue weighted by atomic mass is 9.83. The molecule has 3 rings (SSSR count). The first kappa shape index (κ1) is 17.8. The molecule has 2 aromatic rings. The second-order valence-corrected chi connectivity index (χ2v) is 6.67. The number of carbonyl (C=O) groups is 1. The van der Waals surface area contributed by atoms with Gasteiger partial charge < -0.3 is 9.64 Å². The fourth-order valence-electron chi connectivity index (χ4n) is 3.53. The number of hydrogen-bond acceptors (Lipinski definition) is 4. The van der Waals surface area contributed by atoms with E-state index in [-0.39, 0.29) is 12.2 Å². The Kier molecular flexibility index (Phi) is 5.09. The van der Waals surface area contributed by atoms with Crippen molar-refractivity contribution in [3.8, 4) is 6.07 Å². The summed E-state index contributed by atoms with van der Waals surface area (Å²) in [6.45, 7) is 5.54. The number of carbonyl (C=O) groups excluding carboxylic acids is 1. The Labute approximate surface area is 154 Å².